The first-order valence-electron chi connectivity index (χ1n) is 5.96. The summed E-state index contributed by atoms with van der Waals surface area (Å²) in [4.78, 5) is 4.29. The quantitative estimate of drug-likeness (QED) is 0.903. The largest absolute Gasteiger partial charge is 0.305 e. The molecule has 0 spiro atoms. The minimum absolute atomic E-state index is 0.157. The van der Waals surface area contributed by atoms with E-state index in [1.165, 1.54) is 0 Å². The minimum atomic E-state index is -3.24. The van der Waals surface area contributed by atoms with E-state index < -0.39 is 10.0 Å². The zero-order valence-corrected chi connectivity index (χ0v) is 11.4. The number of nitrogens with zero attached hydrogens (tertiary/aromatic N) is 2. The fourth-order valence-corrected chi connectivity index (χ4v) is 2.99. The fraction of sp³-hybridized carbons (Fsp3) is 0.417. The molecule has 0 unspecified atom stereocenters. The molecular formula is C12H17N3O2S. The maximum atomic E-state index is 11.8. The summed E-state index contributed by atoms with van der Waals surface area (Å²) < 4.78 is 27.9. The predicted octanol–water partition coefficient (Wildman–Crippen LogP) is 2.18. The van der Waals surface area contributed by atoms with Gasteiger partial charge >= 0.3 is 0 Å². The van der Waals surface area contributed by atoms with Crippen LogP contribution in [0.3, 0.4) is 0 Å². The summed E-state index contributed by atoms with van der Waals surface area (Å²) in [6.45, 7) is 3.87. The van der Waals surface area contributed by atoms with Crippen molar-refractivity contribution >= 4 is 21.4 Å². The topological polar surface area (TPSA) is 63.5 Å². The van der Waals surface area contributed by atoms with Crippen LogP contribution >= 0.6 is 0 Å². The molecule has 2 aromatic heterocycles. The number of hydrogen-bond donors (Lipinski definition) is 1. The highest BCUT2D eigenvalue weighted by Crippen LogP contribution is 2.13. The molecule has 2 heterocycles. The van der Waals surface area contributed by atoms with Crippen LogP contribution in [0.2, 0.25) is 0 Å². The van der Waals surface area contributed by atoms with Crippen LogP contribution in [0.4, 0.5) is 5.69 Å². The van der Waals surface area contributed by atoms with Crippen molar-refractivity contribution in [2.45, 2.75) is 26.7 Å². The summed E-state index contributed by atoms with van der Waals surface area (Å²) in [6, 6.07) is 3.52. The van der Waals surface area contributed by atoms with Gasteiger partial charge in [0.1, 0.15) is 5.65 Å². The van der Waals surface area contributed by atoms with Crippen molar-refractivity contribution in [3.05, 3.63) is 30.2 Å². The Balaban J connectivity index is 2.21. The summed E-state index contributed by atoms with van der Waals surface area (Å²) in [6.07, 6.45) is 5.13. The number of fused-ring (bicyclic) bond motifs is 1. The van der Waals surface area contributed by atoms with Gasteiger partial charge in [0.25, 0.3) is 0 Å². The molecule has 0 bridgehead atoms. The molecule has 0 amide bonds. The molecular weight excluding hydrogens is 250 g/mol. The number of anilines is 1. The second kappa shape index (κ2) is 4.97. The third-order valence-electron chi connectivity index (χ3n) is 2.61. The lowest BCUT2D eigenvalue weighted by Crippen LogP contribution is -2.16. The van der Waals surface area contributed by atoms with E-state index in [1.54, 1.807) is 18.3 Å². The number of nitrogens with one attached hydrogen (secondary N) is 1. The molecule has 5 nitrogen and oxygen atoms in total. The Morgan fingerprint density at radius 3 is 2.83 bits per heavy atom. The number of aryl methyl sites for hydroxylation is 1. The SMILES string of the molecule is CCCCS(=O)(=O)Nc1ccc2nc(C)cn2c1. The molecule has 0 aliphatic rings. The van der Waals surface area contributed by atoms with Gasteiger partial charge in [-0.1, -0.05) is 13.3 Å². The summed E-state index contributed by atoms with van der Waals surface area (Å²) >= 11 is 0. The Bertz CT molecular complexity index is 646. The van der Waals surface area contributed by atoms with Crippen molar-refractivity contribution < 1.29 is 8.42 Å². The number of sulfonamides is 1. The van der Waals surface area contributed by atoms with E-state index in [0.29, 0.717) is 12.1 Å². The van der Waals surface area contributed by atoms with Crippen LogP contribution in [0.1, 0.15) is 25.5 Å². The van der Waals surface area contributed by atoms with Gasteiger partial charge in [0.05, 0.1) is 17.1 Å². The van der Waals surface area contributed by atoms with Crippen molar-refractivity contribution in [3.63, 3.8) is 0 Å². The number of unbranched alkanes of at least 4 members (excludes halogenated alkanes) is 1. The van der Waals surface area contributed by atoms with Crippen LogP contribution in [-0.2, 0) is 10.0 Å². The van der Waals surface area contributed by atoms with Gasteiger partial charge in [-0.15, -0.1) is 0 Å². The Morgan fingerprint density at radius 1 is 1.33 bits per heavy atom. The fourth-order valence-electron chi connectivity index (χ4n) is 1.74. The van der Waals surface area contributed by atoms with Gasteiger partial charge in [0, 0.05) is 12.4 Å². The van der Waals surface area contributed by atoms with Crippen molar-refractivity contribution in [2.75, 3.05) is 10.5 Å². The van der Waals surface area contributed by atoms with E-state index in [2.05, 4.69) is 9.71 Å². The summed E-state index contributed by atoms with van der Waals surface area (Å²) in [5.74, 6) is 0.157. The second-order valence-corrected chi connectivity index (χ2v) is 6.18. The molecule has 2 rings (SSSR count). The van der Waals surface area contributed by atoms with Gasteiger partial charge in [0.15, 0.2) is 0 Å². The van der Waals surface area contributed by atoms with E-state index in [4.69, 9.17) is 0 Å². The molecule has 0 aliphatic heterocycles. The predicted molar refractivity (Wildman–Crippen MR) is 72.2 cm³/mol. The Labute approximate surface area is 107 Å². The highest BCUT2D eigenvalue weighted by molar-refractivity contribution is 7.92. The average Bonchev–Trinajstić information content (AvgIpc) is 2.65. The van der Waals surface area contributed by atoms with Gasteiger partial charge in [-0.3, -0.25) is 4.72 Å². The minimum Gasteiger partial charge on any atom is -0.305 e. The summed E-state index contributed by atoms with van der Waals surface area (Å²) in [7, 11) is -3.24. The van der Waals surface area contributed by atoms with Crippen molar-refractivity contribution in [3.8, 4) is 0 Å². The standard InChI is InChI=1S/C12H17N3O2S/c1-3-4-7-18(16,17)14-11-5-6-12-13-10(2)8-15(12)9-11/h5-6,8-9,14H,3-4,7H2,1-2H3. The smallest absolute Gasteiger partial charge is 0.232 e. The molecule has 1 N–H and O–H groups in total. The monoisotopic (exact) mass is 267 g/mol. The van der Waals surface area contributed by atoms with Crippen molar-refractivity contribution in [1.29, 1.82) is 0 Å². The third kappa shape index (κ3) is 3.01. The molecule has 0 atom stereocenters. The lowest BCUT2D eigenvalue weighted by atomic mass is 10.4. The highest BCUT2D eigenvalue weighted by atomic mass is 32.2. The highest BCUT2D eigenvalue weighted by Gasteiger charge is 2.10. The molecule has 0 fully saturated rings. The van der Waals surface area contributed by atoms with E-state index >= 15 is 0 Å². The van der Waals surface area contributed by atoms with Gasteiger partial charge in [-0.25, -0.2) is 13.4 Å². The van der Waals surface area contributed by atoms with E-state index in [1.807, 2.05) is 24.4 Å². The molecule has 6 heteroatoms. The van der Waals surface area contributed by atoms with Crippen LogP contribution in [0.5, 0.6) is 0 Å². The van der Waals surface area contributed by atoms with Crippen molar-refractivity contribution in [1.82, 2.24) is 9.38 Å². The molecule has 0 radical (unpaired) electrons. The third-order valence-corrected chi connectivity index (χ3v) is 3.98. The molecule has 18 heavy (non-hydrogen) atoms. The molecule has 0 saturated heterocycles. The van der Waals surface area contributed by atoms with Crippen molar-refractivity contribution in [2.24, 2.45) is 0 Å². The van der Waals surface area contributed by atoms with Crippen LogP contribution < -0.4 is 4.72 Å². The number of rotatable bonds is 5. The van der Waals surface area contributed by atoms with Gasteiger partial charge in [0.2, 0.25) is 10.0 Å². The van der Waals surface area contributed by atoms with Crippen LogP contribution in [0.15, 0.2) is 24.5 Å². The van der Waals surface area contributed by atoms with Crippen LogP contribution in [-0.4, -0.2) is 23.6 Å². The zero-order chi connectivity index (χ0) is 13.2. The van der Waals surface area contributed by atoms with E-state index in [-0.39, 0.29) is 5.75 Å². The van der Waals surface area contributed by atoms with Gasteiger partial charge in [-0.2, -0.15) is 0 Å². The molecule has 2 aromatic rings. The molecule has 0 aliphatic carbocycles. The maximum absolute atomic E-state index is 11.8. The molecule has 0 saturated carbocycles. The number of hydrogen-bond acceptors (Lipinski definition) is 3. The average molecular weight is 267 g/mol. The normalized spacial score (nSPS) is 11.9. The molecule has 98 valence electrons. The molecule has 0 aromatic carbocycles. The first kappa shape index (κ1) is 12.9. The Kier molecular flexibility index (Phi) is 3.56. The maximum Gasteiger partial charge on any atom is 0.232 e. The summed E-state index contributed by atoms with van der Waals surface area (Å²) in [5, 5.41) is 0. The van der Waals surface area contributed by atoms with Gasteiger partial charge < -0.3 is 4.40 Å². The van der Waals surface area contributed by atoms with Crippen LogP contribution in [0, 0.1) is 6.92 Å². The lowest BCUT2D eigenvalue weighted by Gasteiger charge is -2.07. The Morgan fingerprint density at radius 2 is 2.11 bits per heavy atom. The van der Waals surface area contributed by atoms with Gasteiger partial charge in [-0.05, 0) is 25.5 Å². The lowest BCUT2D eigenvalue weighted by molar-refractivity contribution is 0.598. The van der Waals surface area contributed by atoms with Crippen LogP contribution in [0.25, 0.3) is 5.65 Å². The number of aromatic nitrogens is 2. The zero-order valence-electron chi connectivity index (χ0n) is 10.5. The number of imidazole rings is 1. The number of pyridine rings is 1. The van der Waals surface area contributed by atoms with E-state index in [9.17, 15) is 8.42 Å². The summed E-state index contributed by atoms with van der Waals surface area (Å²) in [5.41, 5.74) is 2.28. The first-order chi connectivity index (χ1) is 8.50. The van der Waals surface area contributed by atoms with E-state index in [0.717, 1.165) is 17.8 Å². The first-order valence-corrected chi connectivity index (χ1v) is 7.61. The Hall–Kier alpha value is -1.56. The second-order valence-electron chi connectivity index (χ2n) is 4.34.